The van der Waals surface area contributed by atoms with E-state index in [0.29, 0.717) is 23.7 Å². The van der Waals surface area contributed by atoms with Crippen LogP contribution in [0.5, 0.6) is 11.5 Å². The normalized spacial score (nSPS) is 14.2. The minimum Gasteiger partial charge on any atom is -0.482 e. The number of aromatic nitrogens is 1. The van der Waals surface area contributed by atoms with E-state index in [2.05, 4.69) is 0 Å². The number of hydrogen-bond acceptors (Lipinski definition) is 5. The van der Waals surface area contributed by atoms with E-state index in [-0.39, 0.29) is 18.1 Å². The number of allylic oxidation sites excluding steroid dienone is 1. The average Bonchev–Trinajstić information content (AvgIpc) is 3.18. The first-order valence-corrected chi connectivity index (χ1v) is 8.97. The highest BCUT2D eigenvalue weighted by atomic mass is 16.6. The highest BCUT2D eigenvalue weighted by Crippen LogP contribution is 2.35. The first kappa shape index (κ1) is 17.9. The molecule has 1 aliphatic rings. The van der Waals surface area contributed by atoms with Crippen LogP contribution < -0.4 is 9.47 Å². The Hall–Kier alpha value is -3.54. The van der Waals surface area contributed by atoms with Crippen molar-refractivity contribution in [2.24, 2.45) is 7.05 Å². The van der Waals surface area contributed by atoms with Gasteiger partial charge >= 0.3 is 5.97 Å². The molecule has 0 bridgehead atoms. The second kappa shape index (κ2) is 7.23. The highest BCUT2D eigenvalue weighted by molar-refractivity contribution is 6.15. The van der Waals surface area contributed by atoms with Crippen LogP contribution in [0, 0.1) is 0 Å². The molecule has 0 fully saturated rings. The fraction of sp³-hybridized carbons (Fsp3) is 0.182. The molecule has 6 heteroatoms. The molecule has 0 N–H and O–H groups in total. The van der Waals surface area contributed by atoms with Crippen LogP contribution in [0.15, 0.2) is 54.4 Å². The van der Waals surface area contributed by atoms with Gasteiger partial charge in [-0.05, 0) is 31.2 Å². The number of esters is 1. The Bertz CT molecular complexity index is 1110. The number of hydrogen-bond donors (Lipinski definition) is 0. The zero-order valence-corrected chi connectivity index (χ0v) is 15.6. The second-order valence-electron chi connectivity index (χ2n) is 6.40. The van der Waals surface area contributed by atoms with Gasteiger partial charge in [-0.3, -0.25) is 4.79 Å². The lowest BCUT2D eigenvalue weighted by molar-refractivity contribution is -0.145. The lowest BCUT2D eigenvalue weighted by atomic mass is 10.1. The Balaban J connectivity index is 1.58. The van der Waals surface area contributed by atoms with Crippen molar-refractivity contribution in [3.63, 3.8) is 0 Å². The summed E-state index contributed by atoms with van der Waals surface area (Å²) in [6.07, 6.45) is 3.72. The molecule has 1 aromatic heterocycles. The number of rotatable bonds is 5. The molecule has 0 aliphatic carbocycles. The van der Waals surface area contributed by atoms with E-state index in [1.807, 2.05) is 42.1 Å². The predicted octanol–water partition coefficient (Wildman–Crippen LogP) is 3.74. The molecule has 0 atom stereocenters. The number of carbonyl (C=O) groups excluding carboxylic acids is 2. The Labute approximate surface area is 161 Å². The van der Waals surface area contributed by atoms with Gasteiger partial charge in [0.1, 0.15) is 11.5 Å². The summed E-state index contributed by atoms with van der Waals surface area (Å²) in [6, 6.07) is 12.9. The van der Waals surface area contributed by atoms with Crippen LogP contribution in [-0.4, -0.2) is 29.5 Å². The van der Waals surface area contributed by atoms with Crippen molar-refractivity contribution in [3.05, 3.63) is 65.5 Å². The molecular weight excluding hydrogens is 358 g/mol. The largest absolute Gasteiger partial charge is 0.482 e. The maximum absolute atomic E-state index is 12.7. The number of para-hydroxylation sites is 1. The molecule has 0 unspecified atom stereocenters. The molecule has 0 radical (unpaired) electrons. The summed E-state index contributed by atoms with van der Waals surface area (Å²) in [5.41, 5.74) is 2.45. The molecular formula is C22H19NO5. The quantitative estimate of drug-likeness (QED) is 0.501. The molecule has 0 spiro atoms. The molecule has 2 heterocycles. The molecule has 6 nitrogen and oxygen atoms in total. The first-order valence-electron chi connectivity index (χ1n) is 8.97. The summed E-state index contributed by atoms with van der Waals surface area (Å²) in [7, 11) is 1.96. The van der Waals surface area contributed by atoms with Crippen molar-refractivity contribution >= 4 is 28.7 Å². The van der Waals surface area contributed by atoms with E-state index in [4.69, 9.17) is 14.2 Å². The average molecular weight is 377 g/mol. The van der Waals surface area contributed by atoms with Gasteiger partial charge in [0.25, 0.3) is 0 Å². The monoisotopic (exact) mass is 377 g/mol. The minimum absolute atomic E-state index is 0.181. The topological polar surface area (TPSA) is 66.8 Å². The van der Waals surface area contributed by atoms with Gasteiger partial charge in [-0.25, -0.2) is 4.79 Å². The standard InChI is InChI=1S/C22H19NO5/c1-3-26-21(24)13-27-15-8-9-17-19(11-15)28-20(22(17)25)10-14-12-23(2)18-7-5-4-6-16(14)18/h4-12H,3,13H2,1-2H3/b20-10-. The van der Waals surface area contributed by atoms with E-state index in [9.17, 15) is 9.59 Å². The minimum atomic E-state index is -0.448. The number of ether oxygens (including phenoxy) is 3. The number of Topliss-reactive ketones (excluding diaryl/α,β-unsaturated/α-hetero) is 1. The lowest BCUT2D eigenvalue weighted by Gasteiger charge is -2.06. The highest BCUT2D eigenvalue weighted by Gasteiger charge is 2.28. The molecule has 28 heavy (non-hydrogen) atoms. The van der Waals surface area contributed by atoms with Crippen LogP contribution in [0.2, 0.25) is 0 Å². The zero-order valence-electron chi connectivity index (χ0n) is 15.6. The van der Waals surface area contributed by atoms with Crippen molar-refractivity contribution in [1.29, 1.82) is 0 Å². The first-order chi connectivity index (χ1) is 13.6. The molecule has 4 rings (SSSR count). The van der Waals surface area contributed by atoms with Crippen LogP contribution in [0.1, 0.15) is 22.8 Å². The Morgan fingerprint density at radius 1 is 1.21 bits per heavy atom. The number of fused-ring (bicyclic) bond motifs is 2. The van der Waals surface area contributed by atoms with Crippen LogP contribution in [0.25, 0.3) is 17.0 Å². The van der Waals surface area contributed by atoms with Gasteiger partial charge < -0.3 is 18.8 Å². The number of aryl methyl sites for hydroxylation is 1. The van der Waals surface area contributed by atoms with Crippen molar-refractivity contribution < 1.29 is 23.8 Å². The van der Waals surface area contributed by atoms with Crippen LogP contribution in [0.3, 0.4) is 0 Å². The van der Waals surface area contributed by atoms with Gasteiger partial charge in [0, 0.05) is 35.8 Å². The Morgan fingerprint density at radius 2 is 2.04 bits per heavy atom. The van der Waals surface area contributed by atoms with Crippen LogP contribution in [-0.2, 0) is 16.6 Å². The smallest absolute Gasteiger partial charge is 0.344 e. The Morgan fingerprint density at radius 3 is 2.86 bits per heavy atom. The van der Waals surface area contributed by atoms with E-state index < -0.39 is 5.97 Å². The summed E-state index contributed by atoms with van der Waals surface area (Å²) in [5.74, 6) is 0.481. The van der Waals surface area contributed by atoms with Crippen molar-refractivity contribution in [2.75, 3.05) is 13.2 Å². The summed E-state index contributed by atoms with van der Waals surface area (Å²) in [6.45, 7) is 1.84. The molecule has 0 saturated carbocycles. The van der Waals surface area contributed by atoms with Gasteiger partial charge in [-0.15, -0.1) is 0 Å². The number of benzene rings is 2. The summed E-state index contributed by atoms with van der Waals surface area (Å²) in [5, 5.41) is 1.04. The van der Waals surface area contributed by atoms with Gasteiger partial charge in [0.15, 0.2) is 12.4 Å². The number of nitrogens with zero attached hydrogens (tertiary/aromatic N) is 1. The summed E-state index contributed by atoms with van der Waals surface area (Å²) < 4.78 is 18.0. The van der Waals surface area contributed by atoms with Gasteiger partial charge in [0.2, 0.25) is 5.78 Å². The molecule has 1 aliphatic heterocycles. The van der Waals surface area contributed by atoms with E-state index in [1.54, 1.807) is 31.2 Å². The maximum atomic E-state index is 12.7. The van der Waals surface area contributed by atoms with Crippen molar-refractivity contribution in [1.82, 2.24) is 4.57 Å². The van der Waals surface area contributed by atoms with Crippen LogP contribution in [0.4, 0.5) is 0 Å². The molecule has 3 aromatic rings. The lowest BCUT2D eigenvalue weighted by Crippen LogP contribution is -2.14. The van der Waals surface area contributed by atoms with E-state index >= 15 is 0 Å². The Kier molecular flexibility index (Phi) is 4.61. The van der Waals surface area contributed by atoms with Crippen LogP contribution >= 0.6 is 0 Å². The summed E-state index contributed by atoms with van der Waals surface area (Å²) in [4.78, 5) is 24.1. The third kappa shape index (κ3) is 3.24. The van der Waals surface area contributed by atoms with Gasteiger partial charge in [-0.2, -0.15) is 0 Å². The fourth-order valence-corrected chi connectivity index (χ4v) is 3.23. The second-order valence-corrected chi connectivity index (χ2v) is 6.40. The van der Waals surface area contributed by atoms with Crippen molar-refractivity contribution in [2.45, 2.75) is 6.92 Å². The fourth-order valence-electron chi connectivity index (χ4n) is 3.23. The molecule has 0 amide bonds. The van der Waals surface area contributed by atoms with Gasteiger partial charge in [-0.1, -0.05) is 18.2 Å². The number of ketones is 1. The number of carbonyl (C=O) groups is 2. The van der Waals surface area contributed by atoms with E-state index in [0.717, 1.165) is 16.5 Å². The van der Waals surface area contributed by atoms with Gasteiger partial charge in [0.05, 0.1) is 12.2 Å². The maximum Gasteiger partial charge on any atom is 0.344 e. The third-order valence-electron chi connectivity index (χ3n) is 4.52. The molecule has 142 valence electrons. The van der Waals surface area contributed by atoms with E-state index in [1.165, 1.54) is 0 Å². The third-order valence-corrected chi connectivity index (χ3v) is 4.52. The van der Waals surface area contributed by atoms with Crippen molar-refractivity contribution in [3.8, 4) is 11.5 Å². The SMILES string of the molecule is CCOC(=O)COc1ccc2c(c1)O/C(=C\c1cn(C)c3ccccc13)C2=O. The molecule has 0 saturated heterocycles. The zero-order chi connectivity index (χ0) is 19.7. The predicted molar refractivity (Wildman–Crippen MR) is 104 cm³/mol. The molecule has 2 aromatic carbocycles. The summed E-state index contributed by atoms with van der Waals surface area (Å²) >= 11 is 0.